The van der Waals surface area contributed by atoms with Gasteiger partial charge in [-0.25, -0.2) is 9.67 Å². The molecule has 28 heavy (non-hydrogen) atoms. The number of nitriles is 1. The molecule has 4 rings (SSSR count). The van der Waals surface area contributed by atoms with Gasteiger partial charge in [-0.05, 0) is 75.0 Å². The summed E-state index contributed by atoms with van der Waals surface area (Å²) in [5.74, 6) is 1.66. The van der Waals surface area contributed by atoms with E-state index in [2.05, 4.69) is 32.7 Å². The lowest BCUT2D eigenvalue weighted by Gasteiger charge is -2.22. The minimum Gasteiger partial charge on any atom is -0.493 e. The molecule has 0 bridgehead atoms. The Kier molecular flexibility index (Phi) is 5.22. The molecule has 0 spiro atoms. The highest BCUT2D eigenvalue weighted by Gasteiger charge is 2.15. The third-order valence-corrected chi connectivity index (χ3v) is 5.42. The van der Waals surface area contributed by atoms with Crippen molar-refractivity contribution in [3.8, 4) is 23.1 Å². The molecule has 3 heterocycles. The summed E-state index contributed by atoms with van der Waals surface area (Å²) >= 11 is 0. The van der Waals surface area contributed by atoms with Crippen LogP contribution in [-0.4, -0.2) is 39.7 Å². The molecule has 0 unspecified atom stereocenters. The Labute approximate surface area is 164 Å². The number of fused-ring (bicyclic) bond motifs is 1. The molecule has 7 heteroatoms. The van der Waals surface area contributed by atoms with Crippen LogP contribution >= 0.6 is 0 Å². The van der Waals surface area contributed by atoms with E-state index in [1.54, 1.807) is 4.68 Å². The van der Waals surface area contributed by atoms with E-state index in [0.717, 1.165) is 60.1 Å². The van der Waals surface area contributed by atoms with Crippen LogP contribution in [0.4, 0.5) is 0 Å². The molecule has 1 saturated heterocycles. The van der Waals surface area contributed by atoms with Crippen molar-refractivity contribution in [3.63, 3.8) is 0 Å². The zero-order valence-electron chi connectivity index (χ0n) is 16.3. The highest BCUT2D eigenvalue weighted by Crippen LogP contribution is 2.28. The number of hydrogen-bond donors (Lipinski definition) is 1. The first-order chi connectivity index (χ1) is 13.7. The van der Waals surface area contributed by atoms with E-state index < -0.39 is 0 Å². The maximum atomic E-state index is 9.41. The number of hydrogen-bond acceptors (Lipinski definition) is 6. The van der Waals surface area contributed by atoms with E-state index in [0.29, 0.717) is 11.2 Å². The molecule has 1 N–H and O–H groups in total. The van der Waals surface area contributed by atoms with Crippen molar-refractivity contribution in [2.24, 2.45) is 13.0 Å². The highest BCUT2D eigenvalue weighted by molar-refractivity contribution is 5.83. The van der Waals surface area contributed by atoms with Crippen molar-refractivity contribution in [3.05, 3.63) is 35.5 Å². The number of ether oxygens (including phenoxy) is 1. The van der Waals surface area contributed by atoms with Gasteiger partial charge in [-0.15, -0.1) is 5.10 Å². The molecule has 0 atom stereocenters. The second kappa shape index (κ2) is 7.95. The molecule has 0 amide bonds. The van der Waals surface area contributed by atoms with Crippen LogP contribution in [0.1, 0.15) is 30.5 Å². The Hall–Kier alpha value is -2.98. The number of nitrogens with zero attached hydrogens (tertiary/aromatic N) is 5. The van der Waals surface area contributed by atoms with Gasteiger partial charge >= 0.3 is 0 Å². The topological polar surface area (TPSA) is 88.7 Å². The fourth-order valence-electron chi connectivity index (χ4n) is 3.73. The van der Waals surface area contributed by atoms with Crippen LogP contribution in [0, 0.1) is 24.2 Å². The van der Waals surface area contributed by atoms with Gasteiger partial charge in [-0.1, -0.05) is 5.21 Å². The molecule has 0 radical (unpaired) electrons. The Morgan fingerprint density at radius 2 is 2.11 bits per heavy atom. The largest absolute Gasteiger partial charge is 0.493 e. The fraction of sp³-hybridized carbons (Fsp3) is 0.429. The van der Waals surface area contributed by atoms with Crippen molar-refractivity contribution in [2.75, 3.05) is 19.7 Å². The van der Waals surface area contributed by atoms with Crippen molar-refractivity contribution >= 4 is 11.0 Å². The molecular formula is C21H24N6O. The minimum atomic E-state index is 0.292. The van der Waals surface area contributed by atoms with E-state index in [4.69, 9.17) is 4.74 Å². The van der Waals surface area contributed by atoms with Crippen LogP contribution in [0.5, 0.6) is 5.75 Å². The third kappa shape index (κ3) is 3.69. The van der Waals surface area contributed by atoms with E-state index >= 15 is 0 Å². The molecule has 2 aromatic heterocycles. The predicted molar refractivity (Wildman–Crippen MR) is 107 cm³/mol. The minimum absolute atomic E-state index is 0.292. The smallest absolute Gasteiger partial charge is 0.170 e. The number of nitrogens with one attached hydrogen (secondary N) is 1. The molecule has 0 saturated carbocycles. The summed E-state index contributed by atoms with van der Waals surface area (Å²) in [5, 5.41) is 20.8. The van der Waals surface area contributed by atoms with Crippen molar-refractivity contribution < 1.29 is 4.74 Å². The normalized spacial score (nSPS) is 14.9. The van der Waals surface area contributed by atoms with E-state index in [9.17, 15) is 5.26 Å². The Morgan fingerprint density at radius 3 is 2.86 bits per heavy atom. The zero-order valence-corrected chi connectivity index (χ0v) is 16.3. The van der Waals surface area contributed by atoms with Crippen LogP contribution in [-0.2, 0) is 7.05 Å². The average molecular weight is 376 g/mol. The summed E-state index contributed by atoms with van der Waals surface area (Å²) in [6, 6.07) is 10.1. The molecule has 0 aliphatic carbocycles. The lowest BCUT2D eigenvalue weighted by Crippen LogP contribution is -2.28. The second-order valence-corrected chi connectivity index (χ2v) is 7.36. The lowest BCUT2D eigenvalue weighted by molar-refractivity contribution is 0.251. The van der Waals surface area contributed by atoms with E-state index in [-0.39, 0.29) is 0 Å². The van der Waals surface area contributed by atoms with E-state index in [1.165, 1.54) is 12.8 Å². The van der Waals surface area contributed by atoms with Crippen LogP contribution in [0.2, 0.25) is 0 Å². The quantitative estimate of drug-likeness (QED) is 0.736. The van der Waals surface area contributed by atoms with Crippen molar-refractivity contribution in [2.45, 2.75) is 26.2 Å². The summed E-state index contributed by atoms with van der Waals surface area (Å²) in [7, 11) is 1.81. The first-order valence-corrected chi connectivity index (χ1v) is 9.71. The molecule has 1 aromatic carbocycles. The van der Waals surface area contributed by atoms with Gasteiger partial charge in [0.25, 0.3) is 0 Å². The Bertz CT molecular complexity index is 1030. The van der Waals surface area contributed by atoms with Gasteiger partial charge in [0.1, 0.15) is 17.3 Å². The van der Waals surface area contributed by atoms with Gasteiger partial charge in [0.2, 0.25) is 0 Å². The first kappa shape index (κ1) is 18.4. The van der Waals surface area contributed by atoms with Gasteiger partial charge < -0.3 is 10.1 Å². The summed E-state index contributed by atoms with van der Waals surface area (Å²) in [6.07, 6.45) is 3.57. The number of pyridine rings is 1. The molecule has 144 valence electrons. The van der Waals surface area contributed by atoms with Crippen LogP contribution in [0.25, 0.3) is 22.3 Å². The fourth-order valence-corrected chi connectivity index (χ4v) is 3.73. The summed E-state index contributed by atoms with van der Waals surface area (Å²) in [4.78, 5) is 4.47. The lowest BCUT2D eigenvalue weighted by atomic mass is 9.95. The summed E-state index contributed by atoms with van der Waals surface area (Å²) in [5.41, 5.74) is 4.36. The number of aromatic nitrogens is 4. The molecule has 7 nitrogen and oxygen atoms in total. The van der Waals surface area contributed by atoms with Gasteiger partial charge in [0.05, 0.1) is 17.8 Å². The van der Waals surface area contributed by atoms with Crippen molar-refractivity contribution in [1.29, 1.82) is 5.26 Å². The summed E-state index contributed by atoms with van der Waals surface area (Å²) < 4.78 is 7.69. The third-order valence-electron chi connectivity index (χ3n) is 5.42. The molecule has 3 aromatic rings. The highest BCUT2D eigenvalue weighted by atomic mass is 16.5. The predicted octanol–water partition coefficient (Wildman–Crippen LogP) is 2.98. The Balaban J connectivity index is 1.52. The average Bonchev–Trinajstić information content (AvgIpc) is 3.10. The van der Waals surface area contributed by atoms with Gasteiger partial charge in [-0.2, -0.15) is 5.26 Å². The molecule has 1 aliphatic rings. The van der Waals surface area contributed by atoms with Gasteiger partial charge in [-0.3, -0.25) is 0 Å². The number of aryl methyl sites for hydroxylation is 2. The van der Waals surface area contributed by atoms with Crippen LogP contribution in [0.15, 0.2) is 24.3 Å². The monoisotopic (exact) mass is 376 g/mol. The maximum Gasteiger partial charge on any atom is 0.170 e. The van der Waals surface area contributed by atoms with Crippen LogP contribution < -0.4 is 10.1 Å². The van der Waals surface area contributed by atoms with Crippen LogP contribution in [0.3, 0.4) is 0 Å². The van der Waals surface area contributed by atoms with Crippen molar-refractivity contribution in [1.82, 2.24) is 25.3 Å². The Morgan fingerprint density at radius 1 is 1.29 bits per heavy atom. The SMILES string of the molecule is Cc1cc(-c2cc3c(nnn3C)c(C#N)n2)ccc1OCCC1CCNCC1. The van der Waals surface area contributed by atoms with E-state index in [1.807, 2.05) is 32.2 Å². The molecular weight excluding hydrogens is 352 g/mol. The number of piperidine rings is 1. The van der Waals surface area contributed by atoms with Gasteiger partial charge in [0.15, 0.2) is 5.69 Å². The second-order valence-electron chi connectivity index (χ2n) is 7.36. The first-order valence-electron chi connectivity index (χ1n) is 9.71. The number of benzene rings is 1. The number of rotatable bonds is 5. The van der Waals surface area contributed by atoms with Gasteiger partial charge in [0, 0.05) is 12.6 Å². The summed E-state index contributed by atoms with van der Waals surface area (Å²) in [6.45, 7) is 5.02. The standard InChI is InChI=1S/C21H24N6O/c1-14-11-16(3-4-20(14)28-10-7-15-5-8-23-9-6-15)17-12-19-21(18(13-22)24-17)25-26-27(19)2/h3-4,11-12,15,23H,5-10H2,1-2H3. The molecule has 1 aliphatic heterocycles. The zero-order chi connectivity index (χ0) is 19.5. The maximum absolute atomic E-state index is 9.41. The molecule has 1 fully saturated rings.